The van der Waals surface area contributed by atoms with Gasteiger partial charge in [-0.05, 0) is 24.1 Å². The summed E-state index contributed by atoms with van der Waals surface area (Å²) in [4.78, 5) is 10.4. The minimum atomic E-state index is -0.778. The van der Waals surface area contributed by atoms with Crippen molar-refractivity contribution in [1.29, 1.82) is 0 Å². The highest BCUT2D eigenvalue weighted by Crippen LogP contribution is 2.22. The van der Waals surface area contributed by atoms with Gasteiger partial charge in [0.15, 0.2) is 0 Å². The van der Waals surface area contributed by atoms with E-state index in [0.29, 0.717) is 6.04 Å². The number of nitrogens with one attached hydrogen (secondary N) is 1. The molecule has 1 aromatic carbocycles. The zero-order valence-electron chi connectivity index (χ0n) is 7.86. The molecule has 0 bridgehead atoms. The molecular formula is C11H13NO2. The Balaban J connectivity index is 2.05. The van der Waals surface area contributed by atoms with Crippen molar-refractivity contribution in [2.75, 3.05) is 6.54 Å². The topological polar surface area (TPSA) is 49.3 Å². The molecule has 74 valence electrons. The van der Waals surface area contributed by atoms with Crippen LogP contribution in [0.5, 0.6) is 0 Å². The van der Waals surface area contributed by atoms with Crippen LogP contribution in [0.4, 0.5) is 0 Å². The third kappa shape index (κ3) is 1.93. The lowest BCUT2D eigenvalue weighted by Crippen LogP contribution is -2.34. The molecule has 1 aliphatic rings. The molecule has 1 aromatic rings. The van der Waals surface area contributed by atoms with E-state index in [1.165, 1.54) is 12.0 Å². The zero-order valence-corrected chi connectivity index (χ0v) is 7.86. The second-order valence-corrected chi connectivity index (χ2v) is 3.61. The number of carbonyl (C=O) groups is 1. The number of hydrogen-bond acceptors (Lipinski definition) is 2. The largest absolute Gasteiger partial charge is 0.481 e. The Labute approximate surface area is 82.8 Å². The summed E-state index contributed by atoms with van der Waals surface area (Å²) >= 11 is 0. The van der Waals surface area contributed by atoms with Crippen molar-refractivity contribution in [2.45, 2.75) is 18.9 Å². The van der Waals surface area contributed by atoms with Crippen molar-refractivity contribution < 1.29 is 9.90 Å². The van der Waals surface area contributed by atoms with E-state index in [1.807, 2.05) is 24.3 Å². The predicted octanol–water partition coefficient (Wildman–Crippen LogP) is 1.35. The van der Waals surface area contributed by atoms with E-state index in [1.54, 1.807) is 0 Å². The highest BCUT2D eigenvalue weighted by atomic mass is 16.4. The third-order valence-corrected chi connectivity index (χ3v) is 2.56. The van der Waals surface area contributed by atoms with Crippen molar-refractivity contribution in [1.82, 2.24) is 5.32 Å². The van der Waals surface area contributed by atoms with E-state index in [0.717, 1.165) is 12.1 Å². The molecule has 2 N–H and O–H groups in total. The van der Waals surface area contributed by atoms with Gasteiger partial charge >= 0.3 is 5.97 Å². The molecule has 3 heteroatoms. The van der Waals surface area contributed by atoms with Gasteiger partial charge in [-0.3, -0.25) is 4.79 Å². The Kier molecular flexibility index (Phi) is 2.50. The fraction of sp³-hybridized carbons (Fsp3) is 0.364. The summed E-state index contributed by atoms with van der Waals surface area (Å²) in [5.41, 5.74) is 2.12. The molecule has 14 heavy (non-hydrogen) atoms. The van der Waals surface area contributed by atoms with Crippen LogP contribution in [-0.4, -0.2) is 17.6 Å². The molecular weight excluding hydrogens is 178 g/mol. The smallest absolute Gasteiger partial charge is 0.307 e. The van der Waals surface area contributed by atoms with Crippen LogP contribution in [-0.2, 0) is 11.2 Å². The molecule has 2 rings (SSSR count). The Morgan fingerprint density at radius 1 is 1.43 bits per heavy atom. The molecule has 0 spiro atoms. The van der Waals surface area contributed by atoms with Crippen molar-refractivity contribution in [2.24, 2.45) is 0 Å². The first-order valence-electron chi connectivity index (χ1n) is 4.80. The molecule has 0 amide bonds. The van der Waals surface area contributed by atoms with Gasteiger partial charge in [0, 0.05) is 6.04 Å². The quantitative estimate of drug-likeness (QED) is 0.758. The lowest BCUT2D eigenvalue weighted by molar-refractivity contribution is -0.136. The number of carboxylic acids is 1. The van der Waals surface area contributed by atoms with Crippen LogP contribution in [0, 0.1) is 0 Å². The van der Waals surface area contributed by atoms with Gasteiger partial charge in [0.2, 0.25) is 0 Å². The highest BCUT2D eigenvalue weighted by molar-refractivity contribution is 5.70. The van der Waals surface area contributed by atoms with Crippen LogP contribution in [0.15, 0.2) is 24.3 Å². The van der Waals surface area contributed by atoms with Crippen molar-refractivity contribution in [3.63, 3.8) is 0 Å². The fourth-order valence-corrected chi connectivity index (χ4v) is 1.62. The average Bonchev–Trinajstić information content (AvgIpc) is 2.04. The third-order valence-electron chi connectivity index (χ3n) is 2.56. The number of carboxylic acid groups (broad SMARTS) is 1. The Bertz CT molecular complexity index is 328. The Morgan fingerprint density at radius 2 is 2.07 bits per heavy atom. The van der Waals surface area contributed by atoms with E-state index < -0.39 is 5.97 Å². The maximum absolute atomic E-state index is 10.4. The molecule has 1 aliphatic heterocycles. The fourth-order valence-electron chi connectivity index (χ4n) is 1.62. The van der Waals surface area contributed by atoms with Crippen LogP contribution in [0.1, 0.15) is 23.6 Å². The summed E-state index contributed by atoms with van der Waals surface area (Å²) in [7, 11) is 0. The summed E-state index contributed by atoms with van der Waals surface area (Å²) in [6.45, 7) is 1.08. The standard InChI is InChI=1S/C11H13NO2/c13-11(14)7-8-1-3-9(4-2-8)10-5-6-12-10/h1-4,10,12H,5-7H2,(H,13,14)/t10-/m0/s1. The molecule has 0 saturated carbocycles. The molecule has 1 heterocycles. The lowest BCUT2D eigenvalue weighted by atomic mass is 9.97. The van der Waals surface area contributed by atoms with Crippen molar-refractivity contribution in [3.8, 4) is 0 Å². The highest BCUT2D eigenvalue weighted by Gasteiger charge is 2.17. The van der Waals surface area contributed by atoms with Gasteiger partial charge in [-0.15, -0.1) is 0 Å². The van der Waals surface area contributed by atoms with E-state index in [9.17, 15) is 4.79 Å². The van der Waals surface area contributed by atoms with Crippen LogP contribution in [0.3, 0.4) is 0 Å². The first kappa shape index (κ1) is 9.21. The molecule has 1 saturated heterocycles. The molecule has 3 nitrogen and oxygen atoms in total. The summed E-state index contributed by atoms with van der Waals surface area (Å²) in [5.74, 6) is -0.778. The summed E-state index contributed by atoms with van der Waals surface area (Å²) < 4.78 is 0. The molecule has 1 atom stereocenters. The number of benzene rings is 1. The van der Waals surface area contributed by atoms with Crippen LogP contribution in [0.25, 0.3) is 0 Å². The Morgan fingerprint density at radius 3 is 2.50 bits per heavy atom. The SMILES string of the molecule is O=C(O)Cc1ccc([C@@H]2CCN2)cc1. The van der Waals surface area contributed by atoms with Crippen LogP contribution >= 0.6 is 0 Å². The zero-order chi connectivity index (χ0) is 9.97. The van der Waals surface area contributed by atoms with Gasteiger partial charge in [-0.25, -0.2) is 0 Å². The molecule has 0 aromatic heterocycles. The molecule has 1 fully saturated rings. The first-order chi connectivity index (χ1) is 6.75. The minimum Gasteiger partial charge on any atom is -0.481 e. The van der Waals surface area contributed by atoms with Gasteiger partial charge in [-0.2, -0.15) is 0 Å². The maximum atomic E-state index is 10.4. The first-order valence-corrected chi connectivity index (χ1v) is 4.80. The van der Waals surface area contributed by atoms with E-state index in [4.69, 9.17) is 5.11 Å². The van der Waals surface area contributed by atoms with Gasteiger partial charge in [0.25, 0.3) is 0 Å². The van der Waals surface area contributed by atoms with Gasteiger partial charge in [-0.1, -0.05) is 24.3 Å². The van der Waals surface area contributed by atoms with Crippen LogP contribution in [0.2, 0.25) is 0 Å². The maximum Gasteiger partial charge on any atom is 0.307 e. The monoisotopic (exact) mass is 191 g/mol. The van der Waals surface area contributed by atoms with Crippen molar-refractivity contribution in [3.05, 3.63) is 35.4 Å². The summed E-state index contributed by atoms with van der Waals surface area (Å²) in [5, 5.41) is 11.9. The molecule has 0 radical (unpaired) electrons. The van der Waals surface area contributed by atoms with Gasteiger partial charge in [0.1, 0.15) is 0 Å². The second kappa shape index (κ2) is 3.80. The number of rotatable bonds is 3. The van der Waals surface area contributed by atoms with Crippen molar-refractivity contribution >= 4 is 5.97 Å². The van der Waals surface area contributed by atoms with E-state index >= 15 is 0 Å². The summed E-state index contributed by atoms with van der Waals surface area (Å²) in [6, 6.07) is 8.28. The lowest BCUT2D eigenvalue weighted by Gasteiger charge is -2.28. The van der Waals surface area contributed by atoms with Crippen LogP contribution < -0.4 is 5.32 Å². The average molecular weight is 191 g/mol. The minimum absolute atomic E-state index is 0.109. The number of hydrogen-bond donors (Lipinski definition) is 2. The molecule has 0 unspecified atom stereocenters. The Hall–Kier alpha value is -1.35. The summed E-state index contributed by atoms with van der Waals surface area (Å²) in [6.07, 6.45) is 1.29. The van der Waals surface area contributed by atoms with Gasteiger partial charge in [0.05, 0.1) is 6.42 Å². The normalized spacial score (nSPS) is 20.1. The van der Waals surface area contributed by atoms with E-state index in [-0.39, 0.29) is 6.42 Å². The molecule has 0 aliphatic carbocycles. The van der Waals surface area contributed by atoms with Gasteiger partial charge < -0.3 is 10.4 Å². The predicted molar refractivity (Wildman–Crippen MR) is 53.1 cm³/mol. The second-order valence-electron chi connectivity index (χ2n) is 3.61. The number of aliphatic carboxylic acids is 1. The van der Waals surface area contributed by atoms with E-state index in [2.05, 4.69) is 5.32 Å².